The van der Waals surface area contributed by atoms with E-state index in [-0.39, 0.29) is 12.6 Å². The molecule has 19 heavy (non-hydrogen) atoms. The van der Waals surface area contributed by atoms with Crippen LogP contribution in [0.15, 0.2) is 17.0 Å². The van der Waals surface area contributed by atoms with E-state index < -0.39 is 38.0 Å². The molecule has 0 aliphatic heterocycles. The van der Waals surface area contributed by atoms with Crippen LogP contribution in [0.25, 0.3) is 0 Å². The number of hydrogen-bond donors (Lipinski definition) is 0. The number of sulfonamides is 1. The molecular weight excluding hydrogens is 296 g/mol. The molecule has 1 aromatic rings. The number of benzene rings is 1. The lowest BCUT2D eigenvalue weighted by Crippen LogP contribution is -2.37. The minimum Gasteiger partial charge on any atom is -0.207 e. The summed E-state index contributed by atoms with van der Waals surface area (Å²) >= 11 is 5.45. The van der Waals surface area contributed by atoms with Crippen LogP contribution in [0.4, 0.5) is 8.78 Å². The Morgan fingerprint density at radius 2 is 1.89 bits per heavy atom. The van der Waals surface area contributed by atoms with Crippen molar-refractivity contribution in [1.29, 1.82) is 0 Å². The largest absolute Gasteiger partial charge is 0.246 e. The van der Waals surface area contributed by atoms with Crippen molar-refractivity contribution in [3.8, 4) is 0 Å². The summed E-state index contributed by atoms with van der Waals surface area (Å²) in [5, 5.41) is 0. The Morgan fingerprint density at radius 1 is 1.32 bits per heavy atom. The van der Waals surface area contributed by atoms with Crippen LogP contribution in [0, 0.1) is 11.6 Å². The number of nitrogens with zero attached hydrogens (tertiary/aromatic N) is 1. The minimum atomic E-state index is -4.00. The lowest BCUT2D eigenvalue weighted by atomic mass is 10.2. The third kappa shape index (κ3) is 3.07. The fourth-order valence-corrected chi connectivity index (χ4v) is 3.82. The zero-order chi connectivity index (χ0) is 14.8. The van der Waals surface area contributed by atoms with E-state index in [4.69, 9.17) is 11.6 Å². The van der Waals surface area contributed by atoms with Gasteiger partial charge in [0, 0.05) is 18.2 Å². The molecule has 0 aromatic heterocycles. The first-order chi connectivity index (χ1) is 8.77. The zero-order valence-electron chi connectivity index (χ0n) is 11.0. The van der Waals surface area contributed by atoms with Crippen LogP contribution in [0.3, 0.4) is 0 Å². The van der Waals surface area contributed by atoms with E-state index in [0.29, 0.717) is 0 Å². The van der Waals surface area contributed by atoms with E-state index in [1.54, 1.807) is 20.8 Å². The molecule has 0 unspecified atom stereocenters. The molecular formula is C12H16ClF2NO2S. The van der Waals surface area contributed by atoms with Crippen molar-refractivity contribution in [2.24, 2.45) is 0 Å². The summed E-state index contributed by atoms with van der Waals surface area (Å²) in [5.41, 5.74) is -0.428. The molecule has 1 aromatic carbocycles. The van der Waals surface area contributed by atoms with E-state index in [2.05, 4.69) is 0 Å². The summed E-state index contributed by atoms with van der Waals surface area (Å²) in [6.07, 6.45) is 0. The van der Waals surface area contributed by atoms with Gasteiger partial charge in [-0.3, -0.25) is 0 Å². The van der Waals surface area contributed by atoms with Gasteiger partial charge in [0.1, 0.15) is 10.7 Å². The predicted molar refractivity (Wildman–Crippen MR) is 70.6 cm³/mol. The molecule has 0 bridgehead atoms. The summed E-state index contributed by atoms with van der Waals surface area (Å²) in [5.74, 6) is -2.39. The maximum Gasteiger partial charge on any atom is 0.246 e. The van der Waals surface area contributed by atoms with Crippen molar-refractivity contribution in [3.63, 3.8) is 0 Å². The molecule has 0 heterocycles. The number of hydrogen-bond acceptors (Lipinski definition) is 2. The predicted octanol–water partition coefficient (Wildman–Crippen LogP) is 3.12. The highest BCUT2D eigenvalue weighted by Gasteiger charge is 2.30. The average Bonchev–Trinajstić information content (AvgIpc) is 2.28. The first-order valence-electron chi connectivity index (χ1n) is 5.82. The lowest BCUT2D eigenvalue weighted by Gasteiger charge is -2.24. The Bertz CT molecular complexity index is 561. The molecule has 0 amide bonds. The number of halogens is 3. The minimum absolute atomic E-state index is 0.201. The third-order valence-corrected chi connectivity index (χ3v) is 5.19. The SMILES string of the molecule is CCN(C(C)C)S(=O)(=O)c1ccc(F)c(CCl)c1F. The molecule has 0 saturated heterocycles. The van der Waals surface area contributed by atoms with Gasteiger partial charge in [-0.05, 0) is 26.0 Å². The molecule has 7 heteroatoms. The highest BCUT2D eigenvalue weighted by molar-refractivity contribution is 7.89. The van der Waals surface area contributed by atoms with Gasteiger partial charge in [0.2, 0.25) is 10.0 Å². The average molecular weight is 312 g/mol. The second-order valence-corrected chi connectivity index (χ2v) is 6.40. The summed E-state index contributed by atoms with van der Waals surface area (Å²) in [6.45, 7) is 5.23. The summed E-state index contributed by atoms with van der Waals surface area (Å²) in [7, 11) is -4.00. The molecule has 0 fully saturated rings. The Kier molecular flexibility index (Phi) is 5.29. The monoisotopic (exact) mass is 311 g/mol. The van der Waals surface area contributed by atoms with Crippen molar-refractivity contribution in [2.75, 3.05) is 6.54 Å². The van der Waals surface area contributed by atoms with Gasteiger partial charge < -0.3 is 0 Å². The lowest BCUT2D eigenvalue weighted by molar-refractivity contribution is 0.366. The highest BCUT2D eigenvalue weighted by Crippen LogP contribution is 2.26. The van der Waals surface area contributed by atoms with Crippen LogP contribution in [0.1, 0.15) is 26.3 Å². The van der Waals surface area contributed by atoms with Crippen LogP contribution in [-0.2, 0) is 15.9 Å². The molecule has 1 rings (SSSR count). The summed E-state index contributed by atoms with van der Waals surface area (Å²) in [4.78, 5) is -0.542. The zero-order valence-corrected chi connectivity index (χ0v) is 12.5. The van der Waals surface area contributed by atoms with E-state index in [0.717, 1.165) is 16.4 Å². The third-order valence-electron chi connectivity index (χ3n) is 2.76. The fraction of sp³-hybridized carbons (Fsp3) is 0.500. The second-order valence-electron chi connectivity index (χ2n) is 4.27. The van der Waals surface area contributed by atoms with Gasteiger partial charge in [-0.2, -0.15) is 4.31 Å². The molecule has 3 nitrogen and oxygen atoms in total. The maximum absolute atomic E-state index is 14.1. The fourth-order valence-electron chi connectivity index (χ4n) is 1.84. The Hall–Kier alpha value is -0.720. The van der Waals surface area contributed by atoms with Crippen LogP contribution in [-0.4, -0.2) is 25.3 Å². The van der Waals surface area contributed by atoms with Gasteiger partial charge in [0.15, 0.2) is 5.82 Å². The van der Waals surface area contributed by atoms with E-state index in [9.17, 15) is 17.2 Å². The topological polar surface area (TPSA) is 37.4 Å². The van der Waals surface area contributed by atoms with Crippen LogP contribution >= 0.6 is 11.6 Å². The molecule has 108 valence electrons. The first-order valence-corrected chi connectivity index (χ1v) is 7.79. The van der Waals surface area contributed by atoms with Gasteiger partial charge in [0.05, 0.1) is 5.88 Å². The van der Waals surface area contributed by atoms with Crippen molar-refractivity contribution in [1.82, 2.24) is 4.31 Å². The Morgan fingerprint density at radius 3 is 2.32 bits per heavy atom. The van der Waals surface area contributed by atoms with Gasteiger partial charge >= 0.3 is 0 Å². The van der Waals surface area contributed by atoms with E-state index in [1.165, 1.54) is 0 Å². The Labute approximate surface area is 117 Å². The molecule has 0 saturated carbocycles. The molecule has 0 atom stereocenters. The van der Waals surface area contributed by atoms with Crippen LogP contribution < -0.4 is 0 Å². The second kappa shape index (κ2) is 6.15. The number of alkyl halides is 1. The van der Waals surface area contributed by atoms with Gasteiger partial charge in [-0.25, -0.2) is 17.2 Å². The van der Waals surface area contributed by atoms with Crippen LogP contribution in [0.5, 0.6) is 0 Å². The molecule has 0 aliphatic carbocycles. The van der Waals surface area contributed by atoms with Gasteiger partial charge in [-0.1, -0.05) is 6.92 Å². The normalized spacial score (nSPS) is 12.4. The van der Waals surface area contributed by atoms with Crippen LogP contribution in [0.2, 0.25) is 0 Å². The molecule has 0 radical (unpaired) electrons. The smallest absolute Gasteiger partial charge is 0.207 e. The Balaban J connectivity index is 3.46. The van der Waals surface area contributed by atoms with E-state index in [1.807, 2.05) is 0 Å². The summed E-state index contributed by atoms with van der Waals surface area (Å²) in [6, 6.07) is 1.53. The van der Waals surface area contributed by atoms with E-state index >= 15 is 0 Å². The number of rotatable bonds is 5. The molecule has 0 aliphatic rings. The highest BCUT2D eigenvalue weighted by atomic mass is 35.5. The van der Waals surface area contributed by atoms with Crippen molar-refractivity contribution in [3.05, 3.63) is 29.3 Å². The van der Waals surface area contributed by atoms with Crippen molar-refractivity contribution in [2.45, 2.75) is 37.6 Å². The molecule has 0 N–H and O–H groups in total. The standard InChI is InChI=1S/C12H16ClF2NO2S/c1-4-16(8(2)3)19(17,18)11-6-5-10(14)9(7-13)12(11)15/h5-6,8H,4,7H2,1-3H3. The summed E-state index contributed by atoms with van der Waals surface area (Å²) < 4.78 is 53.2. The van der Waals surface area contributed by atoms with Crippen molar-refractivity contribution < 1.29 is 17.2 Å². The van der Waals surface area contributed by atoms with Gasteiger partial charge in [0.25, 0.3) is 0 Å². The van der Waals surface area contributed by atoms with Crippen molar-refractivity contribution >= 4 is 21.6 Å². The quantitative estimate of drug-likeness (QED) is 0.784. The maximum atomic E-state index is 14.1. The first kappa shape index (κ1) is 16.3. The van der Waals surface area contributed by atoms with Gasteiger partial charge in [-0.15, -0.1) is 11.6 Å². The molecule has 0 spiro atoms.